The quantitative estimate of drug-likeness (QED) is 0.340. The molecule has 3 aromatic rings. The molecule has 0 amide bonds. The Bertz CT molecular complexity index is 1220. The third kappa shape index (κ3) is 4.89. The Kier molecular flexibility index (Phi) is 6.59. The second-order valence-electron chi connectivity index (χ2n) is 9.28. The molecule has 1 saturated heterocycles. The standard InChI is InChI=1S/C26H25F4N5O/c27-22-24(34-20-8-5-18(14-20)23(36)17-9-11-31-12-10-17)32-15-33-25(22)35-13-1-2-21(35)16-3-6-19(7-4-16)26(28,29)30/h3-4,6-7,9-12,15,18,20-21H,1-2,5,8,13-14H2,(H,32,33,34). The van der Waals surface area contributed by atoms with Crippen LogP contribution in [0.5, 0.6) is 0 Å². The van der Waals surface area contributed by atoms with Gasteiger partial charge in [0, 0.05) is 36.5 Å². The van der Waals surface area contributed by atoms with E-state index in [1.54, 1.807) is 29.4 Å². The summed E-state index contributed by atoms with van der Waals surface area (Å²) >= 11 is 0. The summed E-state index contributed by atoms with van der Waals surface area (Å²) in [6.45, 7) is 0.533. The van der Waals surface area contributed by atoms with E-state index < -0.39 is 17.6 Å². The van der Waals surface area contributed by atoms with Gasteiger partial charge in [0.05, 0.1) is 11.6 Å². The molecule has 2 fully saturated rings. The molecule has 1 aromatic carbocycles. The maximum absolute atomic E-state index is 15.6. The van der Waals surface area contributed by atoms with E-state index in [2.05, 4.69) is 20.3 Å². The summed E-state index contributed by atoms with van der Waals surface area (Å²) in [5, 5.41) is 3.15. The fourth-order valence-corrected chi connectivity index (χ4v) is 5.22. The SMILES string of the molecule is O=C(c1ccncc1)C1CCC(Nc2ncnc(N3CCCC3c3ccc(C(F)(F)F)cc3)c2F)C1. The summed E-state index contributed by atoms with van der Waals surface area (Å²) < 4.78 is 54.4. The average molecular weight is 500 g/mol. The number of ketones is 1. The number of aromatic nitrogens is 3. The zero-order valence-electron chi connectivity index (χ0n) is 19.4. The number of nitrogens with one attached hydrogen (secondary N) is 1. The predicted octanol–water partition coefficient (Wildman–Crippen LogP) is 5.83. The van der Waals surface area contributed by atoms with Gasteiger partial charge >= 0.3 is 6.18 Å². The molecule has 10 heteroatoms. The third-order valence-corrected chi connectivity index (χ3v) is 7.03. The van der Waals surface area contributed by atoms with Crippen molar-refractivity contribution in [3.8, 4) is 0 Å². The van der Waals surface area contributed by atoms with Gasteiger partial charge in [0.1, 0.15) is 6.33 Å². The van der Waals surface area contributed by atoms with E-state index in [4.69, 9.17) is 0 Å². The number of pyridine rings is 1. The summed E-state index contributed by atoms with van der Waals surface area (Å²) in [5.41, 5.74) is 0.587. The molecule has 188 valence electrons. The van der Waals surface area contributed by atoms with Crippen LogP contribution in [-0.2, 0) is 6.18 Å². The maximum atomic E-state index is 15.6. The number of hydrogen-bond acceptors (Lipinski definition) is 6. The van der Waals surface area contributed by atoms with Gasteiger partial charge in [-0.1, -0.05) is 12.1 Å². The van der Waals surface area contributed by atoms with Crippen molar-refractivity contribution in [3.05, 3.63) is 77.6 Å². The first-order valence-electron chi connectivity index (χ1n) is 12.0. The van der Waals surface area contributed by atoms with Gasteiger partial charge in [-0.15, -0.1) is 0 Å². The number of anilines is 2. The first kappa shape index (κ1) is 24.1. The maximum Gasteiger partial charge on any atom is 0.416 e. The normalized spacial score (nSPS) is 22.1. The Balaban J connectivity index is 1.30. The van der Waals surface area contributed by atoms with Crippen LogP contribution in [0.4, 0.5) is 29.2 Å². The van der Waals surface area contributed by atoms with Gasteiger partial charge in [-0.3, -0.25) is 9.78 Å². The molecule has 0 spiro atoms. The van der Waals surface area contributed by atoms with Crippen molar-refractivity contribution in [2.24, 2.45) is 5.92 Å². The van der Waals surface area contributed by atoms with E-state index >= 15 is 4.39 Å². The van der Waals surface area contributed by atoms with E-state index in [-0.39, 0.29) is 35.4 Å². The number of benzene rings is 1. The molecule has 3 unspecified atom stereocenters. The number of carbonyl (C=O) groups is 1. The lowest BCUT2D eigenvalue weighted by atomic mass is 9.97. The van der Waals surface area contributed by atoms with Crippen molar-refractivity contribution in [1.29, 1.82) is 0 Å². The minimum absolute atomic E-state index is 0.0574. The minimum atomic E-state index is -4.41. The fourth-order valence-electron chi connectivity index (χ4n) is 5.22. The fraction of sp³-hybridized carbons (Fsp3) is 0.385. The molecule has 1 aliphatic carbocycles. The Morgan fingerprint density at radius 2 is 1.75 bits per heavy atom. The molecule has 36 heavy (non-hydrogen) atoms. The highest BCUT2D eigenvalue weighted by Crippen LogP contribution is 2.39. The summed E-state index contributed by atoms with van der Waals surface area (Å²) in [6.07, 6.45) is 3.47. The Morgan fingerprint density at radius 1 is 1.00 bits per heavy atom. The topological polar surface area (TPSA) is 71.0 Å². The number of rotatable bonds is 6. The molecule has 2 aliphatic rings. The molecule has 6 nitrogen and oxygen atoms in total. The van der Waals surface area contributed by atoms with E-state index in [1.807, 2.05) is 0 Å². The van der Waals surface area contributed by atoms with E-state index in [1.165, 1.54) is 18.5 Å². The van der Waals surface area contributed by atoms with Crippen molar-refractivity contribution < 1.29 is 22.4 Å². The lowest BCUT2D eigenvalue weighted by Gasteiger charge is -2.27. The predicted molar refractivity (Wildman–Crippen MR) is 126 cm³/mol. The van der Waals surface area contributed by atoms with Crippen LogP contribution < -0.4 is 10.2 Å². The molecule has 3 atom stereocenters. The van der Waals surface area contributed by atoms with Gasteiger partial charge in [-0.05, 0) is 61.9 Å². The van der Waals surface area contributed by atoms with Crippen molar-refractivity contribution in [1.82, 2.24) is 15.0 Å². The lowest BCUT2D eigenvalue weighted by Crippen LogP contribution is -2.26. The van der Waals surface area contributed by atoms with Crippen LogP contribution in [0.15, 0.2) is 55.1 Å². The monoisotopic (exact) mass is 499 g/mol. The number of halogens is 4. The van der Waals surface area contributed by atoms with E-state index in [9.17, 15) is 18.0 Å². The molecule has 2 aromatic heterocycles. The number of hydrogen-bond donors (Lipinski definition) is 1. The first-order chi connectivity index (χ1) is 17.3. The highest BCUT2D eigenvalue weighted by atomic mass is 19.4. The van der Waals surface area contributed by atoms with Gasteiger partial charge in [0.15, 0.2) is 17.4 Å². The van der Waals surface area contributed by atoms with Crippen LogP contribution in [0.25, 0.3) is 0 Å². The molecular weight excluding hydrogens is 474 g/mol. The van der Waals surface area contributed by atoms with Gasteiger partial charge in [-0.25, -0.2) is 9.97 Å². The molecular formula is C26H25F4N5O. The first-order valence-corrected chi connectivity index (χ1v) is 12.0. The highest BCUT2D eigenvalue weighted by Gasteiger charge is 2.34. The van der Waals surface area contributed by atoms with E-state index in [0.717, 1.165) is 18.6 Å². The minimum Gasteiger partial charge on any atom is -0.365 e. The second kappa shape index (κ2) is 9.83. The van der Waals surface area contributed by atoms with Gasteiger partial charge < -0.3 is 10.2 Å². The molecule has 1 saturated carbocycles. The number of carbonyl (C=O) groups excluding carboxylic acids is 1. The van der Waals surface area contributed by atoms with Crippen molar-refractivity contribution in [3.63, 3.8) is 0 Å². The Hall–Kier alpha value is -3.56. The second-order valence-corrected chi connectivity index (χ2v) is 9.28. The van der Waals surface area contributed by atoms with Gasteiger partial charge in [0.25, 0.3) is 0 Å². The van der Waals surface area contributed by atoms with Crippen LogP contribution in [0.1, 0.15) is 59.6 Å². The molecule has 1 N–H and O–H groups in total. The molecule has 0 bridgehead atoms. The van der Waals surface area contributed by atoms with Crippen LogP contribution >= 0.6 is 0 Å². The largest absolute Gasteiger partial charge is 0.416 e. The smallest absolute Gasteiger partial charge is 0.365 e. The molecule has 3 heterocycles. The van der Waals surface area contributed by atoms with Gasteiger partial charge in [0.2, 0.25) is 5.82 Å². The highest BCUT2D eigenvalue weighted by molar-refractivity contribution is 5.97. The van der Waals surface area contributed by atoms with E-state index in [0.29, 0.717) is 43.4 Å². The van der Waals surface area contributed by atoms with Crippen LogP contribution in [0.2, 0.25) is 0 Å². The Labute approximate surface area is 205 Å². The van der Waals surface area contributed by atoms with Crippen LogP contribution in [0, 0.1) is 11.7 Å². The summed E-state index contributed by atoms with van der Waals surface area (Å²) in [6, 6.07) is 8.01. The summed E-state index contributed by atoms with van der Waals surface area (Å²) in [7, 11) is 0. The van der Waals surface area contributed by atoms with Crippen molar-refractivity contribution >= 4 is 17.4 Å². The summed E-state index contributed by atoms with van der Waals surface area (Å²) in [4.78, 5) is 26.8. The number of nitrogens with zero attached hydrogens (tertiary/aromatic N) is 4. The number of alkyl halides is 3. The molecule has 0 radical (unpaired) electrons. The average Bonchev–Trinajstić information content (AvgIpc) is 3.55. The van der Waals surface area contributed by atoms with Crippen molar-refractivity contribution in [2.45, 2.75) is 50.4 Å². The lowest BCUT2D eigenvalue weighted by molar-refractivity contribution is -0.137. The zero-order valence-corrected chi connectivity index (χ0v) is 19.4. The summed E-state index contributed by atoms with van der Waals surface area (Å²) in [5.74, 6) is -0.503. The number of Topliss-reactive ketones (excluding diaryl/α,β-unsaturated/α-hetero) is 1. The zero-order chi connectivity index (χ0) is 25.3. The third-order valence-electron chi connectivity index (χ3n) is 7.03. The molecule has 1 aliphatic heterocycles. The van der Waals surface area contributed by atoms with Gasteiger partial charge in [-0.2, -0.15) is 17.6 Å². The van der Waals surface area contributed by atoms with Crippen LogP contribution in [0.3, 0.4) is 0 Å². The van der Waals surface area contributed by atoms with Crippen molar-refractivity contribution in [2.75, 3.05) is 16.8 Å². The Morgan fingerprint density at radius 3 is 2.47 bits per heavy atom. The molecule has 5 rings (SSSR count). The van der Waals surface area contributed by atoms with Crippen LogP contribution in [-0.4, -0.2) is 33.3 Å².